The molecule has 1 fully saturated rings. The van der Waals surface area contributed by atoms with E-state index in [1.54, 1.807) is 12.4 Å². The lowest BCUT2D eigenvalue weighted by Crippen LogP contribution is -2.44. The zero-order valence-electron chi connectivity index (χ0n) is 7.98. The first-order valence-electron chi connectivity index (χ1n) is 4.59. The molecule has 2 rings (SSSR count). The van der Waals surface area contributed by atoms with Gasteiger partial charge in [0.15, 0.2) is 0 Å². The van der Waals surface area contributed by atoms with Crippen molar-refractivity contribution >= 4 is 21.9 Å². The molecule has 5 heteroatoms. The second-order valence-electron chi connectivity index (χ2n) is 3.32. The van der Waals surface area contributed by atoms with Crippen LogP contribution in [-0.2, 0) is 4.74 Å². The maximum Gasteiger partial charge on any atom is 0.225 e. The molecule has 1 saturated heterocycles. The fourth-order valence-corrected chi connectivity index (χ4v) is 1.68. The Bertz CT molecular complexity index is 303. The summed E-state index contributed by atoms with van der Waals surface area (Å²) < 4.78 is 6.26. The molecule has 1 atom stereocenters. The van der Waals surface area contributed by atoms with E-state index < -0.39 is 0 Å². The number of anilines is 1. The second-order valence-corrected chi connectivity index (χ2v) is 4.23. The molecule has 14 heavy (non-hydrogen) atoms. The van der Waals surface area contributed by atoms with E-state index in [-0.39, 0.29) is 0 Å². The molecule has 0 radical (unpaired) electrons. The van der Waals surface area contributed by atoms with E-state index in [1.807, 2.05) is 0 Å². The maximum atomic E-state index is 5.35. The van der Waals surface area contributed by atoms with Crippen LogP contribution in [0.1, 0.15) is 6.92 Å². The Hall–Kier alpha value is -0.680. The second kappa shape index (κ2) is 4.23. The highest BCUT2D eigenvalue weighted by Crippen LogP contribution is 2.15. The summed E-state index contributed by atoms with van der Waals surface area (Å²) in [5, 5.41) is 0. The van der Waals surface area contributed by atoms with Crippen LogP contribution < -0.4 is 4.90 Å². The fourth-order valence-electron chi connectivity index (χ4n) is 1.48. The lowest BCUT2D eigenvalue weighted by molar-refractivity contribution is 0.0981. The molecule has 4 nitrogen and oxygen atoms in total. The highest BCUT2D eigenvalue weighted by atomic mass is 79.9. The number of rotatable bonds is 1. The Kier molecular flexibility index (Phi) is 2.98. The summed E-state index contributed by atoms with van der Waals surface area (Å²) in [6, 6.07) is 0.352. The molecule has 1 aliphatic heterocycles. The van der Waals surface area contributed by atoms with E-state index in [9.17, 15) is 0 Å². The fraction of sp³-hybridized carbons (Fsp3) is 0.556. The molecule has 0 spiro atoms. The average molecular weight is 258 g/mol. The highest BCUT2D eigenvalue weighted by Gasteiger charge is 2.20. The van der Waals surface area contributed by atoms with Crippen molar-refractivity contribution in [2.75, 3.05) is 24.7 Å². The summed E-state index contributed by atoms with van der Waals surface area (Å²) in [5.41, 5.74) is 0. The van der Waals surface area contributed by atoms with Crippen LogP contribution in [0.15, 0.2) is 16.9 Å². The van der Waals surface area contributed by atoms with E-state index in [1.165, 1.54) is 0 Å². The maximum absolute atomic E-state index is 5.35. The van der Waals surface area contributed by atoms with Crippen LogP contribution in [0.4, 0.5) is 5.95 Å². The molecule has 0 unspecified atom stereocenters. The van der Waals surface area contributed by atoms with Gasteiger partial charge in [0.1, 0.15) is 0 Å². The van der Waals surface area contributed by atoms with Gasteiger partial charge in [-0.05, 0) is 22.9 Å². The summed E-state index contributed by atoms with van der Waals surface area (Å²) in [6.45, 7) is 4.48. The van der Waals surface area contributed by atoms with Gasteiger partial charge in [-0.15, -0.1) is 0 Å². The number of hydrogen-bond acceptors (Lipinski definition) is 4. The molecule has 1 aromatic rings. The normalized spacial score (nSPS) is 22.4. The quantitative estimate of drug-likeness (QED) is 0.764. The highest BCUT2D eigenvalue weighted by molar-refractivity contribution is 9.10. The molecule has 1 aliphatic rings. The van der Waals surface area contributed by atoms with Crippen LogP contribution in [0.25, 0.3) is 0 Å². The third kappa shape index (κ3) is 2.04. The zero-order chi connectivity index (χ0) is 9.97. The van der Waals surface area contributed by atoms with Gasteiger partial charge in [0.05, 0.1) is 23.7 Å². The SMILES string of the molecule is C[C@H]1COCCN1c1ncc(Br)cn1. The van der Waals surface area contributed by atoms with Crippen LogP contribution in [0.5, 0.6) is 0 Å². The number of morpholine rings is 1. The minimum absolute atomic E-state index is 0.352. The van der Waals surface area contributed by atoms with Gasteiger partial charge in [-0.25, -0.2) is 9.97 Å². The van der Waals surface area contributed by atoms with Crippen LogP contribution >= 0.6 is 15.9 Å². The molecule has 0 amide bonds. The molecule has 0 saturated carbocycles. The Morgan fingerprint density at radius 1 is 1.50 bits per heavy atom. The number of aromatic nitrogens is 2. The van der Waals surface area contributed by atoms with Gasteiger partial charge in [-0.1, -0.05) is 0 Å². The van der Waals surface area contributed by atoms with Gasteiger partial charge >= 0.3 is 0 Å². The predicted molar refractivity (Wildman–Crippen MR) is 57.4 cm³/mol. The number of hydrogen-bond donors (Lipinski definition) is 0. The summed E-state index contributed by atoms with van der Waals surface area (Å²) in [6.07, 6.45) is 3.54. The van der Waals surface area contributed by atoms with E-state index in [0.717, 1.165) is 30.2 Å². The van der Waals surface area contributed by atoms with E-state index >= 15 is 0 Å². The summed E-state index contributed by atoms with van der Waals surface area (Å²) >= 11 is 3.32. The lowest BCUT2D eigenvalue weighted by atomic mass is 10.3. The Labute approximate surface area is 91.4 Å². The molecule has 0 bridgehead atoms. The standard InChI is InChI=1S/C9H12BrN3O/c1-7-6-14-3-2-13(7)9-11-4-8(10)5-12-9/h4-5,7H,2-3,6H2,1H3/t7-/m0/s1. The molecule has 2 heterocycles. The minimum atomic E-state index is 0.352. The van der Waals surface area contributed by atoms with Crippen molar-refractivity contribution in [3.05, 3.63) is 16.9 Å². The number of halogens is 1. The summed E-state index contributed by atoms with van der Waals surface area (Å²) in [7, 11) is 0. The van der Waals surface area contributed by atoms with E-state index in [0.29, 0.717) is 6.04 Å². The smallest absolute Gasteiger partial charge is 0.225 e. The van der Waals surface area contributed by atoms with Crippen LogP contribution in [0.3, 0.4) is 0 Å². The molecular formula is C9H12BrN3O. The average Bonchev–Trinajstić information content (AvgIpc) is 2.20. The van der Waals surface area contributed by atoms with Crippen molar-refractivity contribution in [2.24, 2.45) is 0 Å². The van der Waals surface area contributed by atoms with Gasteiger partial charge < -0.3 is 9.64 Å². The Balaban J connectivity index is 2.16. The van der Waals surface area contributed by atoms with Gasteiger partial charge in [0.2, 0.25) is 5.95 Å². The van der Waals surface area contributed by atoms with Gasteiger partial charge in [-0.2, -0.15) is 0 Å². The third-order valence-electron chi connectivity index (χ3n) is 2.23. The molecule has 0 N–H and O–H groups in total. The topological polar surface area (TPSA) is 38.2 Å². The van der Waals surface area contributed by atoms with Crippen LogP contribution in [0.2, 0.25) is 0 Å². The predicted octanol–water partition coefficient (Wildman–Crippen LogP) is 1.46. The largest absolute Gasteiger partial charge is 0.377 e. The number of nitrogens with zero attached hydrogens (tertiary/aromatic N) is 3. The van der Waals surface area contributed by atoms with Crippen LogP contribution in [0, 0.1) is 0 Å². The first-order valence-corrected chi connectivity index (χ1v) is 5.38. The third-order valence-corrected chi connectivity index (χ3v) is 2.64. The first kappa shape index (κ1) is 9.86. The van der Waals surface area contributed by atoms with Gasteiger partial charge in [-0.3, -0.25) is 0 Å². The van der Waals surface area contributed by atoms with Gasteiger partial charge in [0.25, 0.3) is 0 Å². The summed E-state index contributed by atoms with van der Waals surface area (Å²) in [4.78, 5) is 10.7. The Morgan fingerprint density at radius 3 is 2.86 bits per heavy atom. The molecule has 0 aromatic carbocycles. The number of ether oxygens (including phenoxy) is 1. The molecule has 0 aliphatic carbocycles. The van der Waals surface area contributed by atoms with Crippen molar-refractivity contribution in [3.63, 3.8) is 0 Å². The minimum Gasteiger partial charge on any atom is -0.377 e. The van der Waals surface area contributed by atoms with Crippen molar-refractivity contribution in [1.29, 1.82) is 0 Å². The van der Waals surface area contributed by atoms with Crippen LogP contribution in [-0.4, -0.2) is 35.8 Å². The van der Waals surface area contributed by atoms with Gasteiger partial charge in [0, 0.05) is 18.9 Å². The molecular weight excluding hydrogens is 246 g/mol. The summed E-state index contributed by atoms with van der Waals surface area (Å²) in [5.74, 6) is 0.781. The van der Waals surface area contributed by atoms with E-state index in [2.05, 4.69) is 37.7 Å². The van der Waals surface area contributed by atoms with E-state index in [4.69, 9.17) is 4.74 Å². The lowest BCUT2D eigenvalue weighted by Gasteiger charge is -2.33. The van der Waals surface area contributed by atoms with Crippen molar-refractivity contribution in [2.45, 2.75) is 13.0 Å². The molecule has 76 valence electrons. The van der Waals surface area contributed by atoms with Crippen molar-refractivity contribution in [3.8, 4) is 0 Å². The van der Waals surface area contributed by atoms with Crippen molar-refractivity contribution in [1.82, 2.24) is 9.97 Å². The van der Waals surface area contributed by atoms with Crippen molar-refractivity contribution < 1.29 is 4.74 Å². The Morgan fingerprint density at radius 2 is 2.21 bits per heavy atom. The molecule has 1 aromatic heterocycles. The zero-order valence-corrected chi connectivity index (χ0v) is 9.57. The first-order chi connectivity index (χ1) is 6.77. The monoisotopic (exact) mass is 257 g/mol.